The molecule has 0 aromatic carbocycles. The number of nitrogens with zero attached hydrogens (tertiary/aromatic N) is 1. The zero-order valence-corrected chi connectivity index (χ0v) is 8.75. The quantitative estimate of drug-likeness (QED) is 0.754. The van der Waals surface area contributed by atoms with Gasteiger partial charge in [0.05, 0.1) is 11.9 Å². The number of nitrogens with one attached hydrogen (secondary N) is 1. The highest BCUT2D eigenvalue weighted by Gasteiger charge is 2.38. The van der Waals surface area contributed by atoms with Crippen molar-refractivity contribution in [1.29, 1.82) is 0 Å². The number of rotatable bonds is 2. The van der Waals surface area contributed by atoms with E-state index >= 15 is 0 Å². The van der Waals surface area contributed by atoms with E-state index in [1.807, 2.05) is 12.1 Å². The normalized spacial score (nSPS) is 24.0. The van der Waals surface area contributed by atoms with Gasteiger partial charge in [0.15, 0.2) is 0 Å². The fourth-order valence-electron chi connectivity index (χ4n) is 1.80. The Morgan fingerprint density at radius 2 is 2.29 bits per heavy atom. The van der Waals surface area contributed by atoms with Crippen molar-refractivity contribution in [1.82, 2.24) is 4.98 Å². The van der Waals surface area contributed by atoms with Gasteiger partial charge < -0.3 is 11.1 Å². The summed E-state index contributed by atoms with van der Waals surface area (Å²) in [6.07, 6.45) is 4.21. The van der Waals surface area contributed by atoms with Crippen LogP contribution in [0.3, 0.4) is 0 Å². The lowest BCUT2D eigenvalue weighted by atomic mass is 9.67. The van der Waals surface area contributed by atoms with E-state index in [0.29, 0.717) is 17.1 Å². The van der Waals surface area contributed by atoms with Gasteiger partial charge in [-0.2, -0.15) is 0 Å². The van der Waals surface area contributed by atoms with Gasteiger partial charge in [-0.15, -0.1) is 0 Å². The highest BCUT2D eigenvalue weighted by atomic mass is 15.0. The number of pyridine rings is 1. The van der Waals surface area contributed by atoms with Crippen molar-refractivity contribution < 1.29 is 0 Å². The molecule has 1 fully saturated rings. The Balaban J connectivity index is 2.01. The SMILES string of the molecule is CC1(C)CCC1Nc1ccc(N)cn1. The molecule has 1 unspecified atom stereocenters. The topological polar surface area (TPSA) is 50.9 Å². The largest absolute Gasteiger partial charge is 0.397 e. The molecule has 1 aliphatic rings. The fraction of sp³-hybridized carbons (Fsp3) is 0.545. The molecule has 3 nitrogen and oxygen atoms in total. The summed E-state index contributed by atoms with van der Waals surface area (Å²) >= 11 is 0. The summed E-state index contributed by atoms with van der Waals surface area (Å²) in [5.41, 5.74) is 6.68. The van der Waals surface area contributed by atoms with Crippen LogP contribution in [-0.4, -0.2) is 11.0 Å². The first-order valence-electron chi connectivity index (χ1n) is 5.06. The van der Waals surface area contributed by atoms with Crippen molar-refractivity contribution in [2.45, 2.75) is 32.7 Å². The number of nitrogen functional groups attached to an aromatic ring is 1. The van der Waals surface area contributed by atoms with E-state index in [4.69, 9.17) is 5.73 Å². The van der Waals surface area contributed by atoms with E-state index < -0.39 is 0 Å². The Morgan fingerprint density at radius 1 is 1.50 bits per heavy atom. The summed E-state index contributed by atoms with van der Waals surface area (Å²) in [4.78, 5) is 4.23. The maximum absolute atomic E-state index is 5.57. The lowest BCUT2D eigenvalue weighted by molar-refractivity contribution is 0.159. The van der Waals surface area contributed by atoms with Crippen LogP contribution < -0.4 is 11.1 Å². The van der Waals surface area contributed by atoms with Crippen LogP contribution in [0.15, 0.2) is 18.3 Å². The van der Waals surface area contributed by atoms with Crippen LogP contribution in [0, 0.1) is 5.41 Å². The lowest BCUT2D eigenvalue weighted by Crippen LogP contribution is -2.45. The van der Waals surface area contributed by atoms with Crippen molar-refractivity contribution in [3.63, 3.8) is 0 Å². The van der Waals surface area contributed by atoms with Crippen LogP contribution >= 0.6 is 0 Å². The minimum atomic E-state index is 0.406. The predicted molar refractivity (Wildman–Crippen MR) is 59.1 cm³/mol. The zero-order valence-electron chi connectivity index (χ0n) is 8.75. The maximum Gasteiger partial charge on any atom is 0.126 e. The van der Waals surface area contributed by atoms with Crippen molar-refractivity contribution in [2.24, 2.45) is 5.41 Å². The predicted octanol–water partition coefficient (Wildman–Crippen LogP) is 2.26. The fourth-order valence-corrected chi connectivity index (χ4v) is 1.80. The molecule has 1 aliphatic carbocycles. The third kappa shape index (κ3) is 1.67. The van der Waals surface area contributed by atoms with Crippen LogP contribution in [0.2, 0.25) is 0 Å². The number of anilines is 2. The molecule has 2 rings (SSSR count). The summed E-state index contributed by atoms with van der Waals surface area (Å²) in [5, 5.41) is 3.43. The van der Waals surface area contributed by atoms with Crippen LogP contribution in [0.4, 0.5) is 11.5 Å². The van der Waals surface area contributed by atoms with E-state index in [9.17, 15) is 0 Å². The summed E-state index contributed by atoms with van der Waals surface area (Å²) in [5.74, 6) is 0.928. The minimum absolute atomic E-state index is 0.406. The molecular weight excluding hydrogens is 174 g/mol. The molecule has 1 aromatic rings. The number of hydrogen-bond acceptors (Lipinski definition) is 3. The van der Waals surface area contributed by atoms with E-state index in [0.717, 1.165) is 5.82 Å². The lowest BCUT2D eigenvalue weighted by Gasteiger charge is -2.45. The van der Waals surface area contributed by atoms with E-state index in [1.54, 1.807) is 6.20 Å². The summed E-state index contributed by atoms with van der Waals surface area (Å²) in [7, 11) is 0. The number of aromatic nitrogens is 1. The Hall–Kier alpha value is -1.25. The standard InChI is InChI=1S/C11H17N3/c1-11(2)6-5-9(11)14-10-4-3-8(12)7-13-10/h3-4,7,9H,5-6,12H2,1-2H3,(H,13,14). The smallest absolute Gasteiger partial charge is 0.126 e. The first kappa shape index (κ1) is 9.31. The average Bonchev–Trinajstić information content (AvgIpc) is 2.15. The molecular formula is C11H17N3. The van der Waals surface area contributed by atoms with Crippen LogP contribution in [0.25, 0.3) is 0 Å². The van der Waals surface area contributed by atoms with Crippen molar-refractivity contribution >= 4 is 11.5 Å². The molecule has 0 radical (unpaired) electrons. The third-order valence-electron chi connectivity index (χ3n) is 3.13. The minimum Gasteiger partial charge on any atom is -0.397 e. The van der Waals surface area contributed by atoms with Crippen LogP contribution in [0.1, 0.15) is 26.7 Å². The molecule has 1 saturated carbocycles. The summed E-state index contributed by atoms with van der Waals surface area (Å²) in [6.45, 7) is 4.57. The number of hydrogen-bond donors (Lipinski definition) is 2. The molecule has 14 heavy (non-hydrogen) atoms. The Morgan fingerprint density at radius 3 is 2.71 bits per heavy atom. The number of nitrogens with two attached hydrogens (primary N) is 1. The summed E-state index contributed by atoms with van der Waals surface area (Å²) < 4.78 is 0. The Kier molecular flexibility index (Phi) is 2.10. The molecule has 0 bridgehead atoms. The molecule has 1 atom stereocenters. The van der Waals surface area contributed by atoms with Gasteiger partial charge in [0.2, 0.25) is 0 Å². The van der Waals surface area contributed by atoms with Gasteiger partial charge in [0, 0.05) is 6.04 Å². The molecule has 1 aromatic heterocycles. The van der Waals surface area contributed by atoms with Gasteiger partial charge in [-0.1, -0.05) is 13.8 Å². The molecule has 3 N–H and O–H groups in total. The van der Waals surface area contributed by atoms with E-state index in [2.05, 4.69) is 24.1 Å². The van der Waals surface area contributed by atoms with Gasteiger partial charge in [-0.05, 0) is 30.4 Å². The van der Waals surface area contributed by atoms with Gasteiger partial charge in [0.1, 0.15) is 5.82 Å². The Bertz CT molecular complexity index is 316. The average molecular weight is 191 g/mol. The van der Waals surface area contributed by atoms with Crippen molar-refractivity contribution in [3.8, 4) is 0 Å². The molecule has 76 valence electrons. The second-order valence-corrected chi connectivity index (χ2v) is 4.70. The van der Waals surface area contributed by atoms with Gasteiger partial charge in [-0.3, -0.25) is 0 Å². The third-order valence-corrected chi connectivity index (χ3v) is 3.13. The summed E-state index contributed by atoms with van der Waals surface area (Å²) in [6, 6.07) is 4.36. The molecule has 1 heterocycles. The first-order valence-corrected chi connectivity index (χ1v) is 5.06. The first-order chi connectivity index (χ1) is 6.58. The molecule has 0 amide bonds. The van der Waals surface area contributed by atoms with E-state index in [1.165, 1.54) is 12.8 Å². The van der Waals surface area contributed by atoms with Crippen molar-refractivity contribution in [2.75, 3.05) is 11.1 Å². The van der Waals surface area contributed by atoms with Crippen LogP contribution in [-0.2, 0) is 0 Å². The second-order valence-electron chi connectivity index (χ2n) is 4.70. The molecule has 3 heteroatoms. The second kappa shape index (κ2) is 3.15. The molecule has 0 aliphatic heterocycles. The highest BCUT2D eigenvalue weighted by Crippen LogP contribution is 2.41. The monoisotopic (exact) mass is 191 g/mol. The highest BCUT2D eigenvalue weighted by molar-refractivity contribution is 5.44. The van der Waals surface area contributed by atoms with Crippen LogP contribution in [0.5, 0.6) is 0 Å². The van der Waals surface area contributed by atoms with Crippen molar-refractivity contribution in [3.05, 3.63) is 18.3 Å². The molecule has 0 spiro atoms. The zero-order chi connectivity index (χ0) is 10.2. The van der Waals surface area contributed by atoms with Gasteiger partial charge in [0.25, 0.3) is 0 Å². The van der Waals surface area contributed by atoms with Gasteiger partial charge in [-0.25, -0.2) is 4.98 Å². The molecule has 0 saturated heterocycles. The van der Waals surface area contributed by atoms with E-state index in [-0.39, 0.29) is 0 Å². The Labute approximate surface area is 84.7 Å². The maximum atomic E-state index is 5.57. The van der Waals surface area contributed by atoms with Gasteiger partial charge >= 0.3 is 0 Å².